The Hall–Kier alpha value is -2.69. The summed E-state index contributed by atoms with van der Waals surface area (Å²) in [5.41, 5.74) is 2.21. The van der Waals surface area contributed by atoms with E-state index in [1.165, 1.54) is 24.8 Å². The van der Waals surface area contributed by atoms with Crippen molar-refractivity contribution >= 4 is 41.6 Å². The number of nitro benzene ring substituents is 1. The molecule has 0 radical (unpaired) electrons. The predicted molar refractivity (Wildman–Crippen MR) is 134 cm³/mol. The monoisotopic (exact) mass is 552 g/mol. The Kier molecular flexibility index (Phi) is 10.4. The largest absolute Gasteiger partial charge is 0.469 e. The van der Waals surface area contributed by atoms with Crippen molar-refractivity contribution in [1.29, 1.82) is 0 Å². The minimum Gasteiger partial charge on any atom is -0.469 e. The molecule has 0 bridgehead atoms. The maximum atomic E-state index is 11.8. The first-order valence-electron chi connectivity index (χ1n) is 10.4. The summed E-state index contributed by atoms with van der Waals surface area (Å²) in [6, 6.07) is 16.7. The number of hydrogen-bond acceptors (Lipinski definition) is 5. The number of halogens is 1. The number of nitro groups is 1. The molecule has 1 aliphatic rings. The molecule has 1 heterocycles. The highest BCUT2D eigenvalue weighted by Gasteiger charge is 2.27. The molecule has 0 unspecified atom stereocenters. The van der Waals surface area contributed by atoms with E-state index in [0.29, 0.717) is 6.54 Å². The summed E-state index contributed by atoms with van der Waals surface area (Å²) in [6.45, 7) is 2.59. The second kappa shape index (κ2) is 13.0. The lowest BCUT2D eigenvalue weighted by Gasteiger charge is -2.33. The maximum Gasteiger partial charge on any atom is 0.308 e. The quantitative estimate of drug-likeness (QED) is 0.140. The summed E-state index contributed by atoms with van der Waals surface area (Å²) < 4.78 is 4.88. The molecule has 1 N–H and O–H groups in total. The highest BCUT2D eigenvalue weighted by molar-refractivity contribution is 14.0. The number of carbonyl (C=O) groups excluding carboxylic acids is 1. The first-order valence-corrected chi connectivity index (χ1v) is 10.4. The van der Waals surface area contributed by atoms with Crippen LogP contribution in [0.2, 0.25) is 0 Å². The molecule has 32 heavy (non-hydrogen) atoms. The van der Waals surface area contributed by atoms with Crippen LogP contribution in [0.5, 0.6) is 0 Å². The highest BCUT2D eigenvalue weighted by Crippen LogP contribution is 2.19. The van der Waals surface area contributed by atoms with Crippen LogP contribution >= 0.6 is 24.0 Å². The van der Waals surface area contributed by atoms with E-state index in [0.717, 1.165) is 50.4 Å². The minimum absolute atomic E-state index is 0. The van der Waals surface area contributed by atoms with E-state index in [2.05, 4.69) is 22.3 Å². The predicted octanol–water partition coefficient (Wildman–Crippen LogP) is 3.79. The van der Waals surface area contributed by atoms with E-state index in [4.69, 9.17) is 9.73 Å². The number of piperidine rings is 1. The molecule has 0 spiro atoms. The Morgan fingerprint density at radius 1 is 1.12 bits per heavy atom. The zero-order chi connectivity index (χ0) is 22.1. The van der Waals surface area contributed by atoms with Crippen LogP contribution in [0.1, 0.15) is 24.0 Å². The van der Waals surface area contributed by atoms with Crippen molar-refractivity contribution in [2.45, 2.75) is 25.8 Å². The standard InChI is InChI=1S/C23H28N4O4.HI/c1-31-22(28)20-12-15-26(16-13-20)23(24-14-11-18-5-3-2-4-6-18)25-17-19-7-9-21(10-8-19)27(29)30;/h2-10,20H,11-17H2,1H3,(H,24,25);1H. The van der Waals surface area contributed by atoms with Gasteiger partial charge in [0.2, 0.25) is 0 Å². The average Bonchev–Trinajstić information content (AvgIpc) is 2.82. The van der Waals surface area contributed by atoms with Gasteiger partial charge in [-0.1, -0.05) is 42.5 Å². The van der Waals surface area contributed by atoms with Crippen LogP contribution < -0.4 is 5.32 Å². The third kappa shape index (κ3) is 7.47. The molecule has 1 saturated heterocycles. The van der Waals surface area contributed by atoms with Gasteiger partial charge in [-0.25, -0.2) is 4.99 Å². The van der Waals surface area contributed by atoms with E-state index in [-0.39, 0.29) is 41.6 Å². The van der Waals surface area contributed by atoms with Gasteiger partial charge in [0, 0.05) is 31.8 Å². The summed E-state index contributed by atoms with van der Waals surface area (Å²) in [5.74, 6) is 0.570. The number of carbonyl (C=O) groups is 1. The van der Waals surface area contributed by atoms with Crippen LogP contribution in [0, 0.1) is 16.0 Å². The molecule has 3 rings (SSSR count). The fourth-order valence-corrected chi connectivity index (χ4v) is 3.61. The molecule has 172 valence electrons. The molecule has 0 aliphatic carbocycles. The van der Waals surface area contributed by atoms with Gasteiger partial charge in [-0.05, 0) is 30.4 Å². The van der Waals surface area contributed by atoms with Gasteiger partial charge in [0.25, 0.3) is 5.69 Å². The zero-order valence-electron chi connectivity index (χ0n) is 18.1. The SMILES string of the molecule is COC(=O)C1CCN(C(=NCc2ccc([N+](=O)[O-])cc2)NCCc2ccccc2)CC1.I. The Morgan fingerprint density at radius 2 is 1.78 bits per heavy atom. The van der Waals surface area contributed by atoms with Gasteiger partial charge in [0.05, 0.1) is 24.5 Å². The Morgan fingerprint density at radius 3 is 2.38 bits per heavy atom. The molecule has 2 aromatic rings. The number of methoxy groups -OCH3 is 1. The number of nitrogens with one attached hydrogen (secondary N) is 1. The number of nitrogens with zero attached hydrogens (tertiary/aromatic N) is 3. The van der Waals surface area contributed by atoms with Gasteiger partial charge in [-0.2, -0.15) is 0 Å². The number of esters is 1. The van der Waals surface area contributed by atoms with E-state index >= 15 is 0 Å². The lowest BCUT2D eigenvalue weighted by molar-refractivity contribution is -0.384. The number of ether oxygens (including phenoxy) is 1. The Balaban J connectivity index is 0.00000363. The molecule has 1 aliphatic heterocycles. The molecule has 0 amide bonds. The van der Waals surface area contributed by atoms with Crippen LogP contribution in [-0.4, -0.2) is 48.5 Å². The minimum atomic E-state index is -0.408. The van der Waals surface area contributed by atoms with Crippen LogP contribution in [0.4, 0.5) is 5.69 Å². The van der Waals surface area contributed by atoms with Crippen molar-refractivity contribution in [1.82, 2.24) is 10.2 Å². The van der Waals surface area contributed by atoms with Crippen molar-refractivity contribution in [3.05, 3.63) is 75.8 Å². The van der Waals surface area contributed by atoms with Gasteiger partial charge in [-0.15, -0.1) is 24.0 Å². The average molecular weight is 552 g/mol. The van der Waals surface area contributed by atoms with E-state index in [1.54, 1.807) is 12.1 Å². The van der Waals surface area contributed by atoms with Crippen LogP contribution in [0.15, 0.2) is 59.6 Å². The molecule has 1 fully saturated rings. The van der Waals surface area contributed by atoms with E-state index < -0.39 is 4.92 Å². The molecule has 0 atom stereocenters. The summed E-state index contributed by atoms with van der Waals surface area (Å²) in [5, 5.41) is 14.3. The number of hydrogen-bond donors (Lipinski definition) is 1. The second-order valence-electron chi connectivity index (χ2n) is 7.51. The third-order valence-electron chi connectivity index (χ3n) is 5.43. The molecule has 9 heteroatoms. The summed E-state index contributed by atoms with van der Waals surface area (Å²) in [4.78, 5) is 29.2. The Bertz CT molecular complexity index is 898. The maximum absolute atomic E-state index is 11.8. The number of rotatable bonds is 7. The molecule has 0 aromatic heterocycles. The number of aliphatic imine (C=N–C) groups is 1. The van der Waals surface area contributed by atoms with Crippen molar-refractivity contribution in [2.75, 3.05) is 26.7 Å². The summed E-state index contributed by atoms with van der Waals surface area (Å²) in [6.07, 6.45) is 2.32. The van der Waals surface area contributed by atoms with Crippen LogP contribution in [-0.2, 0) is 22.5 Å². The van der Waals surface area contributed by atoms with Crippen molar-refractivity contribution in [3.63, 3.8) is 0 Å². The van der Waals surface area contributed by atoms with Gasteiger partial charge >= 0.3 is 5.97 Å². The number of non-ortho nitro benzene ring substituents is 1. The fraction of sp³-hybridized carbons (Fsp3) is 0.391. The van der Waals surface area contributed by atoms with Crippen molar-refractivity contribution < 1.29 is 14.5 Å². The smallest absolute Gasteiger partial charge is 0.308 e. The lowest BCUT2D eigenvalue weighted by Crippen LogP contribution is -2.47. The fourth-order valence-electron chi connectivity index (χ4n) is 3.61. The lowest BCUT2D eigenvalue weighted by atomic mass is 9.97. The Labute approximate surface area is 205 Å². The molecular weight excluding hydrogens is 523 g/mol. The molecule has 8 nitrogen and oxygen atoms in total. The van der Waals surface area contributed by atoms with Gasteiger partial charge < -0.3 is 15.0 Å². The van der Waals surface area contributed by atoms with Gasteiger partial charge in [0.1, 0.15) is 0 Å². The molecular formula is C23H29IN4O4. The highest BCUT2D eigenvalue weighted by atomic mass is 127. The third-order valence-corrected chi connectivity index (χ3v) is 5.43. The molecule has 0 saturated carbocycles. The number of likely N-dealkylation sites (tertiary alicyclic amines) is 1. The van der Waals surface area contributed by atoms with Crippen molar-refractivity contribution in [3.8, 4) is 0 Å². The van der Waals surface area contributed by atoms with E-state index in [1.807, 2.05) is 18.2 Å². The number of guanidine groups is 1. The number of benzene rings is 2. The summed E-state index contributed by atoms with van der Waals surface area (Å²) in [7, 11) is 1.43. The first kappa shape index (κ1) is 25.6. The normalized spacial score (nSPS) is 14.4. The van der Waals surface area contributed by atoms with Crippen LogP contribution in [0.25, 0.3) is 0 Å². The van der Waals surface area contributed by atoms with Crippen molar-refractivity contribution in [2.24, 2.45) is 10.9 Å². The molecule has 2 aromatic carbocycles. The van der Waals surface area contributed by atoms with Crippen LogP contribution in [0.3, 0.4) is 0 Å². The second-order valence-corrected chi connectivity index (χ2v) is 7.51. The summed E-state index contributed by atoms with van der Waals surface area (Å²) >= 11 is 0. The van der Waals surface area contributed by atoms with Gasteiger partial charge in [0.15, 0.2) is 5.96 Å². The zero-order valence-corrected chi connectivity index (χ0v) is 20.4. The van der Waals surface area contributed by atoms with Gasteiger partial charge in [-0.3, -0.25) is 14.9 Å². The first-order chi connectivity index (χ1) is 15.1. The topological polar surface area (TPSA) is 97.1 Å². The van der Waals surface area contributed by atoms with E-state index in [9.17, 15) is 14.9 Å².